The summed E-state index contributed by atoms with van der Waals surface area (Å²) in [5.74, 6) is 0.220. The fourth-order valence-corrected chi connectivity index (χ4v) is 2.34. The molecular weight excluding hydrogens is 218 g/mol. The number of hydrogen-bond donors (Lipinski definition) is 1. The van der Waals surface area contributed by atoms with Gasteiger partial charge in [0.2, 0.25) is 5.91 Å². The van der Waals surface area contributed by atoms with Crippen molar-refractivity contribution >= 4 is 5.91 Å². The summed E-state index contributed by atoms with van der Waals surface area (Å²) >= 11 is 0. The summed E-state index contributed by atoms with van der Waals surface area (Å²) in [6.07, 6.45) is 0. The van der Waals surface area contributed by atoms with Crippen molar-refractivity contribution in [2.75, 3.05) is 52.5 Å². The molecule has 0 aromatic heterocycles. The maximum Gasteiger partial charge on any atom is 0.236 e. The van der Waals surface area contributed by atoms with Crippen molar-refractivity contribution in [2.45, 2.75) is 19.4 Å². The topological polar surface area (TPSA) is 44.8 Å². The van der Waals surface area contributed by atoms with Crippen LogP contribution >= 0.6 is 0 Å². The number of morpholine rings is 1. The van der Waals surface area contributed by atoms with Gasteiger partial charge in [-0.2, -0.15) is 0 Å². The Bertz CT molecular complexity index is 275. The minimum Gasteiger partial charge on any atom is -0.379 e. The summed E-state index contributed by atoms with van der Waals surface area (Å²) in [6, 6.07) is 0. The van der Waals surface area contributed by atoms with E-state index in [2.05, 4.69) is 24.1 Å². The van der Waals surface area contributed by atoms with Crippen molar-refractivity contribution < 1.29 is 9.53 Å². The van der Waals surface area contributed by atoms with Crippen LogP contribution in [0.2, 0.25) is 0 Å². The summed E-state index contributed by atoms with van der Waals surface area (Å²) in [6.45, 7) is 11.0. The molecule has 0 aromatic rings. The molecule has 2 aliphatic heterocycles. The van der Waals surface area contributed by atoms with Crippen LogP contribution in [0, 0.1) is 0 Å². The SMILES string of the molecule is CC1(C)CN(CCN2CCOCC2)C(=O)CN1. The molecule has 2 fully saturated rings. The number of hydrogen-bond acceptors (Lipinski definition) is 4. The Morgan fingerprint density at radius 3 is 2.71 bits per heavy atom. The van der Waals surface area contributed by atoms with E-state index in [1.807, 2.05) is 4.90 Å². The van der Waals surface area contributed by atoms with Crippen LogP contribution in [0.15, 0.2) is 0 Å². The van der Waals surface area contributed by atoms with Gasteiger partial charge in [-0.25, -0.2) is 0 Å². The monoisotopic (exact) mass is 241 g/mol. The molecule has 98 valence electrons. The van der Waals surface area contributed by atoms with Gasteiger partial charge in [-0.1, -0.05) is 0 Å². The molecule has 0 aliphatic carbocycles. The van der Waals surface area contributed by atoms with Gasteiger partial charge in [0, 0.05) is 38.3 Å². The van der Waals surface area contributed by atoms with Crippen LogP contribution in [-0.2, 0) is 9.53 Å². The third kappa shape index (κ3) is 3.66. The number of nitrogens with zero attached hydrogens (tertiary/aromatic N) is 2. The standard InChI is InChI=1S/C12H23N3O2/c1-12(2)10-15(11(16)9-13-12)4-3-14-5-7-17-8-6-14/h13H,3-10H2,1-2H3. The first-order chi connectivity index (χ1) is 8.07. The predicted molar refractivity (Wildman–Crippen MR) is 65.9 cm³/mol. The summed E-state index contributed by atoms with van der Waals surface area (Å²) in [7, 11) is 0. The molecule has 0 atom stereocenters. The average molecular weight is 241 g/mol. The molecule has 2 saturated heterocycles. The zero-order chi connectivity index (χ0) is 12.3. The molecule has 2 aliphatic rings. The van der Waals surface area contributed by atoms with E-state index in [0.717, 1.165) is 45.9 Å². The van der Waals surface area contributed by atoms with Crippen LogP contribution in [0.25, 0.3) is 0 Å². The van der Waals surface area contributed by atoms with Crippen molar-refractivity contribution in [1.29, 1.82) is 0 Å². The smallest absolute Gasteiger partial charge is 0.236 e. The van der Waals surface area contributed by atoms with E-state index in [-0.39, 0.29) is 11.4 Å². The van der Waals surface area contributed by atoms with Crippen molar-refractivity contribution in [3.63, 3.8) is 0 Å². The fraction of sp³-hybridized carbons (Fsp3) is 0.917. The van der Waals surface area contributed by atoms with Crippen molar-refractivity contribution in [3.05, 3.63) is 0 Å². The second kappa shape index (κ2) is 5.33. The van der Waals surface area contributed by atoms with Gasteiger partial charge in [-0.05, 0) is 13.8 Å². The van der Waals surface area contributed by atoms with E-state index in [1.165, 1.54) is 0 Å². The largest absolute Gasteiger partial charge is 0.379 e. The first-order valence-electron chi connectivity index (χ1n) is 6.40. The Hall–Kier alpha value is -0.650. The van der Waals surface area contributed by atoms with Gasteiger partial charge in [0.15, 0.2) is 0 Å². The minimum absolute atomic E-state index is 0.0406. The van der Waals surface area contributed by atoms with Crippen LogP contribution in [0.4, 0.5) is 0 Å². The first-order valence-corrected chi connectivity index (χ1v) is 6.40. The number of rotatable bonds is 3. The molecular formula is C12H23N3O2. The molecule has 0 unspecified atom stereocenters. The summed E-state index contributed by atoms with van der Waals surface area (Å²) in [5, 5.41) is 3.25. The van der Waals surface area contributed by atoms with Crippen LogP contribution in [0.1, 0.15) is 13.8 Å². The van der Waals surface area contributed by atoms with E-state index in [1.54, 1.807) is 0 Å². The van der Waals surface area contributed by atoms with Gasteiger partial charge in [0.25, 0.3) is 0 Å². The van der Waals surface area contributed by atoms with Crippen LogP contribution in [0.5, 0.6) is 0 Å². The molecule has 0 spiro atoms. The molecule has 0 radical (unpaired) electrons. The molecule has 0 bridgehead atoms. The van der Waals surface area contributed by atoms with Gasteiger partial charge >= 0.3 is 0 Å². The Balaban J connectivity index is 1.78. The Morgan fingerprint density at radius 2 is 2.00 bits per heavy atom. The minimum atomic E-state index is 0.0406. The lowest BCUT2D eigenvalue weighted by molar-refractivity contribution is -0.134. The number of nitrogens with one attached hydrogen (secondary N) is 1. The highest BCUT2D eigenvalue weighted by atomic mass is 16.5. The van der Waals surface area contributed by atoms with Gasteiger partial charge < -0.3 is 15.0 Å². The number of ether oxygens (including phenoxy) is 1. The van der Waals surface area contributed by atoms with E-state index in [0.29, 0.717) is 6.54 Å². The molecule has 1 N–H and O–H groups in total. The highest BCUT2D eigenvalue weighted by molar-refractivity contribution is 5.79. The van der Waals surface area contributed by atoms with Crippen LogP contribution in [-0.4, -0.2) is 73.7 Å². The van der Waals surface area contributed by atoms with E-state index in [4.69, 9.17) is 4.74 Å². The Morgan fingerprint density at radius 1 is 1.29 bits per heavy atom. The molecule has 0 aromatic carbocycles. The van der Waals surface area contributed by atoms with Crippen molar-refractivity contribution in [1.82, 2.24) is 15.1 Å². The Labute approximate surface area is 103 Å². The maximum absolute atomic E-state index is 11.8. The molecule has 5 nitrogen and oxygen atoms in total. The van der Waals surface area contributed by atoms with Crippen molar-refractivity contribution in [2.24, 2.45) is 0 Å². The van der Waals surface area contributed by atoms with E-state index >= 15 is 0 Å². The molecule has 2 heterocycles. The third-order valence-electron chi connectivity index (χ3n) is 3.45. The highest BCUT2D eigenvalue weighted by Gasteiger charge is 2.30. The normalized spacial score (nSPS) is 26.2. The predicted octanol–water partition coefficient (Wildman–Crippen LogP) is -0.471. The zero-order valence-electron chi connectivity index (χ0n) is 10.9. The van der Waals surface area contributed by atoms with Gasteiger partial charge in [0.05, 0.1) is 19.8 Å². The summed E-state index contributed by atoms with van der Waals surface area (Å²) in [4.78, 5) is 16.1. The number of amides is 1. The number of carbonyl (C=O) groups excluding carboxylic acids is 1. The quantitative estimate of drug-likeness (QED) is 0.725. The molecule has 1 amide bonds. The fourth-order valence-electron chi connectivity index (χ4n) is 2.34. The Kier molecular flexibility index (Phi) is 4.01. The zero-order valence-corrected chi connectivity index (χ0v) is 10.9. The van der Waals surface area contributed by atoms with Crippen LogP contribution < -0.4 is 5.32 Å². The van der Waals surface area contributed by atoms with Gasteiger partial charge in [-0.3, -0.25) is 9.69 Å². The van der Waals surface area contributed by atoms with E-state index < -0.39 is 0 Å². The highest BCUT2D eigenvalue weighted by Crippen LogP contribution is 2.11. The maximum atomic E-state index is 11.8. The van der Waals surface area contributed by atoms with E-state index in [9.17, 15) is 4.79 Å². The molecule has 2 rings (SSSR count). The molecule has 0 saturated carbocycles. The van der Waals surface area contributed by atoms with Crippen molar-refractivity contribution in [3.8, 4) is 0 Å². The van der Waals surface area contributed by atoms with Gasteiger partial charge in [0.1, 0.15) is 0 Å². The summed E-state index contributed by atoms with van der Waals surface area (Å²) in [5.41, 5.74) is 0.0406. The number of carbonyl (C=O) groups is 1. The lowest BCUT2D eigenvalue weighted by Gasteiger charge is -2.40. The first kappa shape index (κ1) is 12.8. The summed E-state index contributed by atoms with van der Waals surface area (Å²) < 4.78 is 5.31. The molecule has 17 heavy (non-hydrogen) atoms. The molecule has 5 heteroatoms. The lowest BCUT2D eigenvalue weighted by atomic mass is 10.0. The second-order valence-electron chi connectivity index (χ2n) is 5.51. The third-order valence-corrected chi connectivity index (χ3v) is 3.45. The average Bonchev–Trinajstić information content (AvgIpc) is 2.32. The van der Waals surface area contributed by atoms with Gasteiger partial charge in [-0.15, -0.1) is 0 Å². The second-order valence-corrected chi connectivity index (χ2v) is 5.51. The lowest BCUT2D eigenvalue weighted by Crippen LogP contribution is -2.60. The number of piperazine rings is 1. The van der Waals surface area contributed by atoms with Crippen LogP contribution in [0.3, 0.4) is 0 Å².